The van der Waals surface area contributed by atoms with Crippen LogP contribution in [0.4, 0.5) is 11.4 Å². The number of rotatable bonds is 20. The van der Waals surface area contributed by atoms with Crippen LogP contribution in [0.5, 0.6) is 5.75 Å². The second-order valence-corrected chi connectivity index (χ2v) is 15.6. The molecule has 0 aromatic heterocycles. The molecule has 18 nitrogen and oxygen atoms in total. The van der Waals surface area contributed by atoms with Gasteiger partial charge in [-0.05, 0) is 84.5 Å². The molecule has 0 bridgehead atoms. The predicted molar refractivity (Wildman–Crippen MR) is 221 cm³/mol. The van der Waals surface area contributed by atoms with Crippen molar-refractivity contribution in [2.45, 2.75) is 103 Å². The van der Waals surface area contributed by atoms with Crippen LogP contribution in [0.2, 0.25) is 0 Å². The highest BCUT2D eigenvalue weighted by atomic mass is 16.5. The molecule has 4 atom stereocenters. The zero-order valence-electron chi connectivity index (χ0n) is 34.6. The SMILES string of the molecule is CC(=O)CC(NC(=O)[C@@H](NC(=O)C(CCC(=O)O)NC(=O)[C@H](CC(=O)O)NC(C)=O)C(C)C)C(=O)Nc1ccc(COc2ccc3c(c2)C(C)(C)C2=CC(=O)C=CC2=N3)cc1. The van der Waals surface area contributed by atoms with Crippen LogP contribution in [-0.2, 0) is 55.2 Å². The number of amides is 5. The Kier molecular flexibility index (Phi) is 15.6. The summed E-state index contributed by atoms with van der Waals surface area (Å²) in [6.07, 6.45) is 2.54. The second-order valence-electron chi connectivity index (χ2n) is 15.6. The Morgan fingerprint density at radius 3 is 2.00 bits per heavy atom. The normalized spacial score (nSPS) is 15.6. The summed E-state index contributed by atoms with van der Waals surface area (Å²) in [5.74, 6) is -7.68. The molecule has 18 heteroatoms. The number of carboxylic acid groups (broad SMARTS) is 2. The summed E-state index contributed by atoms with van der Waals surface area (Å²) in [6.45, 7) is 9.66. The largest absolute Gasteiger partial charge is 0.489 e. The van der Waals surface area contributed by atoms with E-state index in [0.717, 1.165) is 35.0 Å². The number of carboxylic acids is 2. The number of nitrogens with one attached hydrogen (secondary N) is 5. The molecule has 1 heterocycles. The molecule has 0 spiro atoms. The highest BCUT2D eigenvalue weighted by molar-refractivity contribution is 6.22. The zero-order valence-corrected chi connectivity index (χ0v) is 34.6. The smallest absolute Gasteiger partial charge is 0.305 e. The van der Waals surface area contributed by atoms with Crippen LogP contribution in [-0.4, -0.2) is 93.1 Å². The summed E-state index contributed by atoms with van der Waals surface area (Å²) in [6, 6.07) is 6.37. The summed E-state index contributed by atoms with van der Waals surface area (Å²) in [5, 5.41) is 30.5. The standard InChI is InChI=1S/C43H50N6O12/c1-22(2)38(49-39(57)33(15-16-36(53)54)47-41(59)35(20-37(55)56)44-24(4)51)42(60)48-34(17-23(3)50)40(58)45-26-9-7-25(8-10-26)21-61-28-12-14-32-30(19-28)43(5,6)29-18-27(52)11-13-31(29)46-32/h7-14,18-19,22,33-35,38H,15-17,20-21H2,1-6H3,(H,44,51)(H,45,58)(H,47,59)(H,48,60)(H,49,57)(H,53,54)(H,55,56)/t33?,34?,35-,38-/m0/s1. The number of anilines is 1. The molecule has 2 aromatic rings. The molecule has 2 aliphatic rings. The van der Waals surface area contributed by atoms with Gasteiger partial charge in [0.05, 0.1) is 17.8 Å². The summed E-state index contributed by atoms with van der Waals surface area (Å²) >= 11 is 0. The molecule has 1 aliphatic heterocycles. The molecule has 61 heavy (non-hydrogen) atoms. The summed E-state index contributed by atoms with van der Waals surface area (Å²) in [5.41, 5.74) is 3.88. The van der Waals surface area contributed by atoms with E-state index in [2.05, 4.69) is 26.6 Å². The topological polar surface area (TPSA) is 276 Å². The van der Waals surface area contributed by atoms with Crippen molar-refractivity contribution in [3.8, 4) is 5.75 Å². The number of hydrogen-bond acceptors (Lipinski definition) is 11. The number of carbonyl (C=O) groups is 9. The van der Waals surface area contributed by atoms with Gasteiger partial charge in [-0.15, -0.1) is 0 Å². The van der Waals surface area contributed by atoms with Crippen LogP contribution in [0.25, 0.3) is 0 Å². The molecule has 1 aliphatic carbocycles. The van der Waals surface area contributed by atoms with Gasteiger partial charge >= 0.3 is 11.9 Å². The van der Waals surface area contributed by atoms with Crippen molar-refractivity contribution in [3.63, 3.8) is 0 Å². The summed E-state index contributed by atoms with van der Waals surface area (Å²) < 4.78 is 6.09. The number of ketones is 2. The van der Waals surface area contributed by atoms with Gasteiger partial charge in [0.1, 0.15) is 42.3 Å². The van der Waals surface area contributed by atoms with Crippen molar-refractivity contribution in [2.75, 3.05) is 5.32 Å². The van der Waals surface area contributed by atoms with Gasteiger partial charge in [0, 0.05) is 30.9 Å². The first-order valence-electron chi connectivity index (χ1n) is 19.5. The fraction of sp³-hybridized carbons (Fsp3) is 0.395. The number of Topliss-reactive ketones (excluding diaryl/α,β-unsaturated/α-hetero) is 1. The molecular formula is C43H50N6O12. The minimum absolute atomic E-state index is 0.0949. The van der Waals surface area contributed by atoms with Gasteiger partial charge in [0.15, 0.2) is 5.78 Å². The van der Waals surface area contributed by atoms with Gasteiger partial charge in [-0.2, -0.15) is 0 Å². The first-order chi connectivity index (χ1) is 28.6. The number of carbonyl (C=O) groups excluding carboxylic acids is 7. The molecule has 2 aromatic carbocycles. The molecule has 7 N–H and O–H groups in total. The van der Waals surface area contributed by atoms with E-state index in [9.17, 15) is 53.4 Å². The van der Waals surface area contributed by atoms with Gasteiger partial charge in [-0.1, -0.05) is 39.8 Å². The fourth-order valence-corrected chi connectivity index (χ4v) is 6.66. The predicted octanol–water partition coefficient (Wildman–Crippen LogP) is 2.57. The lowest BCUT2D eigenvalue weighted by Gasteiger charge is -2.35. The minimum Gasteiger partial charge on any atom is -0.489 e. The van der Waals surface area contributed by atoms with E-state index in [1.54, 1.807) is 50.3 Å². The molecule has 0 radical (unpaired) electrons. The Labute approximate surface area is 351 Å². The zero-order chi connectivity index (χ0) is 45.2. The van der Waals surface area contributed by atoms with Crippen LogP contribution in [0.15, 0.2) is 71.3 Å². The highest BCUT2D eigenvalue weighted by Crippen LogP contribution is 2.44. The molecule has 4 rings (SSSR count). The van der Waals surface area contributed by atoms with Gasteiger partial charge in [-0.25, -0.2) is 4.99 Å². The molecule has 324 valence electrons. The summed E-state index contributed by atoms with van der Waals surface area (Å²) in [4.78, 5) is 117. The number of hydrogen-bond donors (Lipinski definition) is 7. The van der Waals surface area contributed by atoms with Gasteiger partial charge < -0.3 is 41.5 Å². The van der Waals surface area contributed by atoms with Crippen LogP contribution in [0.1, 0.15) is 78.4 Å². The Hall–Kier alpha value is -6.98. The minimum atomic E-state index is -1.59. The van der Waals surface area contributed by atoms with Crippen molar-refractivity contribution in [1.29, 1.82) is 0 Å². The van der Waals surface area contributed by atoms with E-state index >= 15 is 0 Å². The van der Waals surface area contributed by atoms with Crippen molar-refractivity contribution in [1.82, 2.24) is 21.3 Å². The quantitative estimate of drug-likeness (QED) is 0.0948. The number of aliphatic imine (C=N–C) groups is 1. The molecule has 0 fully saturated rings. The average molecular weight is 843 g/mol. The van der Waals surface area contributed by atoms with Crippen molar-refractivity contribution in [2.24, 2.45) is 10.9 Å². The van der Waals surface area contributed by atoms with Crippen molar-refractivity contribution < 1.29 is 58.1 Å². The third-order valence-electron chi connectivity index (χ3n) is 9.87. The molecule has 5 amide bonds. The lowest BCUT2D eigenvalue weighted by molar-refractivity contribution is -0.141. The first-order valence-corrected chi connectivity index (χ1v) is 19.5. The van der Waals surface area contributed by atoms with E-state index in [1.165, 1.54) is 13.0 Å². The van der Waals surface area contributed by atoms with Gasteiger partial charge in [0.2, 0.25) is 29.5 Å². The summed E-state index contributed by atoms with van der Waals surface area (Å²) in [7, 11) is 0. The van der Waals surface area contributed by atoms with E-state index in [4.69, 9.17) is 9.73 Å². The fourth-order valence-electron chi connectivity index (χ4n) is 6.66. The Bertz CT molecular complexity index is 2170. The van der Waals surface area contributed by atoms with Crippen LogP contribution in [0, 0.1) is 5.92 Å². The monoisotopic (exact) mass is 842 g/mol. The maximum atomic E-state index is 13.6. The van der Waals surface area contributed by atoms with Crippen molar-refractivity contribution >= 4 is 70.1 Å². The average Bonchev–Trinajstić information content (AvgIpc) is 3.17. The lowest BCUT2D eigenvalue weighted by atomic mass is 9.71. The Balaban J connectivity index is 1.41. The number of benzene rings is 2. The van der Waals surface area contributed by atoms with Crippen LogP contribution < -0.4 is 31.3 Å². The first kappa shape index (κ1) is 46.7. The van der Waals surface area contributed by atoms with Crippen molar-refractivity contribution in [3.05, 3.63) is 77.4 Å². The Morgan fingerprint density at radius 2 is 1.39 bits per heavy atom. The van der Waals surface area contributed by atoms with Crippen LogP contribution in [0.3, 0.4) is 0 Å². The van der Waals surface area contributed by atoms with E-state index in [1.807, 2.05) is 32.0 Å². The number of aliphatic carboxylic acids is 2. The number of ether oxygens (including phenoxy) is 1. The molecule has 0 saturated carbocycles. The third kappa shape index (κ3) is 13.0. The van der Waals surface area contributed by atoms with Gasteiger partial charge in [0.25, 0.3) is 0 Å². The maximum Gasteiger partial charge on any atom is 0.305 e. The van der Waals surface area contributed by atoms with E-state index in [0.29, 0.717) is 11.4 Å². The highest BCUT2D eigenvalue weighted by Gasteiger charge is 2.37. The molecular weight excluding hydrogens is 793 g/mol. The van der Waals surface area contributed by atoms with E-state index in [-0.39, 0.29) is 12.4 Å². The van der Waals surface area contributed by atoms with E-state index < -0.39 is 108 Å². The Morgan fingerprint density at radius 1 is 0.754 bits per heavy atom. The maximum absolute atomic E-state index is 13.6. The number of allylic oxidation sites excluding steroid dienone is 4. The molecule has 2 unspecified atom stereocenters. The molecule has 0 saturated heterocycles. The van der Waals surface area contributed by atoms with Crippen LogP contribution >= 0.6 is 0 Å². The number of fused-ring (bicyclic) bond motifs is 2. The number of nitrogens with zero attached hydrogens (tertiary/aromatic N) is 1. The second kappa shape index (κ2) is 20.3. The lowest BCUT2D eigenvalue weighted by Crippen LogP contribution is -2.59. The van der Waals surface area contributed by atoms with Gasteiger partial charge in [-0.3, -0.25) is 43.2 Å². The third-order valence-corrected chi connectivity index (χ3v) is 9.87.